The van der Waals surface area contributed by atoms with Gasteiger partial charge >= 0.3 is 0 Å². The van der Waals surface area contributed by atoms with E-state index in [1.165, 1.54) is 4.90 Å². The van der Waals surface area contributed by atoms with Gasteiger partial charge in [-0.3, -0.25) is 9.59 Å². The van der Waals surface area contributed by atoms with E-state index in [0.29, 0.717) is 19.4 Å². The van der Waals surface area contributed by atoms with E-state index in [-0.39, 0.29) is 18.4 Å². The highest BCUT2D eigenvalue weighted by Crippen LogP contribution is 2.09. The standard InChI is InChI=1S/C15H16N2O2/c1-2-3-9-17-11-14(18)16-13(15(17)19)10-12-7-5-4-6-8-12/h1,4-8,13H,3,9-11H2,(H,16,18). The van der Waals surface area contributed by atoms with E-state index < -0.39 is 6.04 Å². The first-order chi connectivity index (χ1) is 9.20. The quantitative estimate of drug-likeness (QED) is 0.801. The largest absolute Gasteiger partial charge is 0.342 e. The molecule has 1 aliphatic heterocycles. The number of nitrogens with zero attached hydrogens (tertiary/aromatic N) is 1. The average molecular weight is 256 g/mol. The summed E-state index contributed by atoms with van der Waals surface area (Å²) in [4.78, 5) is 25.4. The van der Waals surface area contributed by atoms with Gasteiger partial charge in [-0.2, -0.15) is 0 Å². The second-order valence-corrected chi connectivity index (χ2v) is 4.52. The minimum Gasteiger partial charge on any atom is -0.342 e. The molecule has 1 saturated heterocycles. The van der Waals surface area contributed by atoms with Crippen molar-refractivity contribution in [2.45, 2.75) is 18.9 Å². The molecule has 19 heavy (non-hydrogen) atoms. The van der Waals surface area contributed by atoms with Crippen LogP contribution in [0.15, 0.2) is 30.3 Å². The lowest BCUT2D eigenvalue weighted by Gasteiger charge is -2.32. The zero-order chi connectivity index (χ0) is 13.7. The van der Waals surface area contributed by atoms with Crippen molar-refractivity contribution >= 4 is 11.8 Å². The molecule has 1 aliphatic rings. The number of carbonyl (C=O) groups is 2. The third-order valence-electron chi connectivity index (χ3n) is 3.09. The van der Waals surface area contributed by atoms with Crippen LogP contribution >= 0.6 is 0 Å². The maximum Gasteiger partial charge on any atom is 0.245 e. The Morgan fingerprint density at radius 2 is 2.05 bits per heavy atom. The Labute approximate surface area is 112 Å². The van der Waals surface area contributed by atoms with Gasteiger partial charge in [-0.25, -0.2) is 0 Å². The van der Waals surface area contributed by atoms with E-state index in [1.807, 2.05) is 30.3 Å². The van der Waals surface area contributed by atoms with Crippen molar-refractivity contribution in [3.63, 3.8) is 0 Å². The van der Waals surface area contributed by atoms with Gasteiger partial charge in [-0.1, -0.05) is 30.3 Å². The molecule has 1 atom stereocenters. The number of hydrogen-bond donors (Lipinski definition) is 1. The van der Waals surface area contributed by atoms with E-state index in [4.69, 9.17) is 6.42 Å². The summed E-state index contributed by atoms with van der Waals surface area (Å²) < 4.78 is 0. The normalized spacial score (nSPS) is 18.9. The minimum atomic E-state index is -0.485. The fraction of sp³-hybridized carbons (Fsp3) is 0.333. The Bertz CT molecular complexity index is 505. The number of amides is 2. The first-order valence-electron chi connectivity index (χ1n) is 6.26. The van der Waals surface area contributed by atoms with Crippen molar-refractivity contribution in [3.8, 4) is 12.3 Å². The van der Waals surface area contributed by atoms with Crippen LogP contribution in [0.4, 0.5) is 0 Å². The average Bonchev–Trinajstić information content (AvgIpc) is 2.42. The molecule has 1 N–H and O–H groups in total. The molecule has 1 unspecified atom stereocenters. The van der Waals surface area contributed by atoms with Crippen LogP contribution < -0.4 is 5.32 Å². The molecule has 1 aromatic rings. The van der Waals surface area contributed by atoms with Gasteiger partial charge in [-0.15, -0.1) is 12.3 Å². The van der Waals surface area contributed by atoms with Gasteiger partial charge in [0.05, 0.1) is 6.54 Å². The highest BCUT2D eigenvalue weighted by molar-refractivity contribution is 5.95. The maximum absolute atomic E-state index is 12.2. The zero-order valence-electron chi connectivity index (χ0n) is 10.6. The summed E-state index contributed by atoms with van der Waals surface area (Å²) in [6, 6.07) is 9.16. The van der Waals surface area contributed by atoms with E-state index >= 15 is 0 Å². The second-order valence-electron chi connectivity index (χ2n) is 4.52. The number of benzene rings is 1. The van der Waals surface area contributed by atoms with Gasteiger partial charge < -0.3 is 10.2 Å². The van der Waals surface area contributed by atoms with Gasteiger partial charge in [0.1, 0.15) is 6.04 Å². The van der Waals surface area contributed by atoms with Gasteiger partial charge in [0.15, 0.2) is 0 Å². The van der Waals surface area contributed by atoms with Crippen LogP contribution in [0, 0.1) is 12.3 Å². The van der Waals surface area contributed by atoms with E-state index in [0.717, 1.165) is 5.56 Å². The molecule has 4 nitrogen and oxygen atoms in total. The van der Waals surface area contributed by atoms with Gasteiger partial charge in [0.2, 0.25) is 11.8 Å². The van der Waals surface area contributed by atoms with Crippen LogP contribution in [0.2, 0.25) is 0 Å². The van der Waals surface area contributed by atoms with Gasteiger partial charge in [0.25, 0.3) is 0 Å². The number of terminal acetylenes is 1. The van der Waals surface area contributed by atoms with Crippen LogP contribution in [0.1, 0.15) is 12.0 Å². The molecular formula is C15H16N2O2. The number of carbonyl (C=O) groups excluding carboxylic acids is 2. The molecule has 98 valence electrons. The SMILES string of the molecule is C#CCCN1CC(=O)NC(Cc2ccccc2)C1=O. The van der Waals surface area contributed by atoms with Crippen molar-refractivity contribution in [1.29, 1.82) is 0 Å². The first kappa shape index (κ1) is 13.2. The minimum absolute atomic E-state index is 0.0568. The second kappa shape index (κ2) is 6.05. The first-order valence-corrected chi connectivity index (χ1v) is 6.26. The Morgan fingerprint density at radius 3 is 2.74 bits per heavy atom. The van der Waals surface area contributed by atoms with E-state index in [9.17, 15) is 9.59 Å². The third kappa shape index (κ3) is 3.35. The predicted octanol–water partition coefficient (Wildman–Crippen LogP) is 0.579. The van der Waals surface area contributed by atoms with Crippen LogP contribution in [-0.4, -0.2) is 35.8 Å². The van der Waals surface area contributed by atoms with E-state index in [2.05, 4.69) is 11.2 Å². The number of hydrogen-bond acceptors (Lipinski definition) is 2. The Morgan fingerprint density at radius 1 is 1.32 bits per heavy atom. The fourth-order valence-corrected chi connectivity index (χ4v) is 2.15. The molecular weight excluding hydrogens is 240 g/mol. The lowest BCUT2D eigenvalue weighted by atomic mass is 10.0. The summed E-state index contributed by atoms with van der Waals surface area (Å²) in [6.45, 7) is 0.542. The number of rotatable bonds is 4. The van der Waals surface area contributed by atoms with Crippen molar-refractivity contribution in [2.24, 2.45) is 0 Å². The Hall–Kier alpha value is -2.28. The molecule has 0 saturated carbocycles. The third-order valence-corrected chi connectivity index (χ3v) is 3.09. The van der Waals surface area contributed by atoms with E-state index in [1.54, 1.807) is 0 Å². The summed E-state index contributed by atoms with van der Waals surface area (Å²) in [5, 5.41) is 2.74. The smallest absolute Gasteiger partial charge is 0.245 e. The molecule has 1 fully saturated rings. The summed E-state index contributed by atoms with van der Waals surface area (Å²) in [5.74, 6) is 2.31. The molecule has 0 bridgehead atoms. The summed E-state index contributed by atoms with van der Waals surface area (Å²) in [7, 11) is 0. The molecule has 2 rings (SSSR count). The van der Waals surface area contributed by atoms with Crippen LogP contribution in [0.3, 0.4) is 0 Å². The molecule has 0 aromatic heterocycles. The Kier molecular flexibility index (Phi) is 4.19. The molecule has 1 heterocycles. The molecule has 0 aliphatic carbocycles. The number of piperazine rings is 1. The zero-order valence-corrected chi connectivity index (χ0v) is 10.6. The molecule has 2 amide bonds. The topological polar surface area (TPSA) is 49.4 Å². The predicted molar refractivity (Wildman–Crippen MR) is 72.1 cm³/mol. The number of nitrogens with one attached hydrogen (secondary N) is 1. The van der Waals surface area contributed by atoms with Crippen LogP contribution in [0.25, 0.3) is 0 Å². The summed E-state index contributed by atoms with van der Waals surface area (Å²) in [5.41, 5.74) is 1.03. The highest BCUT2D eigenvalue weighted by Gasteiger charge is 2.31. The molecule has 0 radical (unpaired) electrons. The lowest BCUT2D eigenvalue weighted by Crippen LogP contribution is -2.58. The van der Waals surface area contributed by atoms with Crippen molar-refractivity contribution in [2.75, 3.05) is 13.1 Å². The van der Waals surface area contributed by atoms with Gasteiger partial charge in [0, 0.05) is 19.4 Å². The van der Waals surface area contributed by atoms with Crippen molar-refractivity contribution in [1.82, 2.24) is 10.2 Å². The molecule has 4 heteroatoms. The van der Waals surface area contributed by atoms with Crippen LogP contribution in [-0.2, 0) is 16.0 Å². The molecule has 1 aromatic carbocycles. The monoisotopic (exact) mass is 256 g/mol. The Balaban J connectivity index is 2.05. The highest BCUT2D eigenvalue weighted by atomic mass is 16.2. The maximum atomic E-state index is 12.2. The van der Waals surface area contributed by atoms with Crippen molar-refractivity contribution in [3.05, 3.63) is 35.9 Å². The fourth-order valence-electron chi connectivity index (χ4n) is 2.15. The molecule has 0 spiro atoms. The van der Waals surface area contributed by atoms with Crippen molar-refractivity contribution < 1.29 is 9.59 Å². The van der Waals surface area contributed by atoms with Crippen LogP contribution in [0.5, 0.6) is 0 Å². The summed E-state index contributed by atoms with van der Waals surface area (Å²) >= 11 is 0. The summed E-state index contributed by atoms with van der Waals surface area (Å²) in [6.07, 6.45) is 6.18. The lowest BCUT2D eigenvalue weighted by molar-refractivity contribution is -0.144. The van der Waals surface area contributed by atoms with Gasteiger partial charge in [-0.05, 0) is 5.56 Å².